The molecule has 0 amide bonds. The zero-order valence-electron chi connectivity index (χ0n) is 16.8. The molecule has 1 atom stereocenters. The van der Waals surface area contributed by atoms with Gasteiger partial charge >= 0.3 is 11.4 Å². The van der Waals surface area contributed by atoms with Crippen molar-refractivity contribution in [1.82, 2.24) is 0 Å². The van der Waals surface area contributed by atoms with E-state index >= 15 is 0 Å². The Balaban J connectivity index is 2.13. The zero-order chi connectivity index (χ0) is 21.4. The molecule has 0 fully saturated rings. The average molecular weight is 398 g/mol. The highest BCUT2D eigenvalue weighted by atomic mass is 16.6. The van der Waals surface area contributed by atoms with Crippen molar-refractivity contribution in [3.8, 4) is 11.5 Å². The van der Waals surface area contributed by atoms with E-state index in [0.717, 1.165) is 22.3 Å². The van der Waals surface area contributed by atoms with Gasteiger partial charge in [-0.1, -0.05) is 0 Å². The summed E-state index contributed by atoms with van der Waals surface area (Å²) in [5.74, 6) is -0.696. The summed E-state index contributed by atoms with van der Waals surface area (Å²) in [6.45, 7) is 6.80. The topological polar surface area (TPSA) is 127 Å². The van der Waals surface area contributed by atoms with E-state index in [1.807, 2.05) is 6.92 Å². The summed E-state index contributed by atoms with van der Waals surface area (Å²) in [5.41, 5.74) is 3.77. The molecule has 0 aliphatic heterocycles. The average Bonchev–Trinajstić information content (AvgIpc) is 3.21. The van der Waals surface area contributed by atoms with Gasteiger partial charge in [-0.15, -0.1) is 0 Å². The summed E-state index contributed by atoms with van der Waals surface area (Å²) >= 11 is 0. The largest absolute Gasteiger partial charge is 0.502 e. The molecule has 0 saturated heterocycles. The first kappa shape index (κ1) is 19.2. The minimum atomic E-state index is -0.732. The number of phenolic OH excluding ortho intramolecular Hbond substituents is 2. The maximum atomic E-state index is 12.0. The van der Waals surface area contributed by atoms with E-state index in [9.17, 15) is 30.4 Å². The van der Waals surface area contributed by atoms with Crippen LogP contribution in [0, 0.1) is 47.9 Å². The zero-order valence-corrected chi connectivity index (χ0v) is 16.8. The highest BCUT2D eigenvalue weighted by Gasteiger charge is 2.53. The van der Waals surface area contributed by atoms with Gasteiger partial charge in [0.2, 0.25) is 0 Å². The molecule has 2 aromatic rings. The number of hydrogen-bond acceptors (Lipinski definition) is 6. The fourth-order valence-corrected chi connectivity index (χ4v) is 5.68. The SMILES string of the molecule is Cc1c(C)c2c(c([N+](=O)[O-])c1O)C1(CCc3c(C)c([N+](=O)[O-])c(O)c(C)c31)CC2. The summed E-state index contributed by atoms with van der Waals surface area (Å²) in [4.78, 5) is 22.4. The van der Waals surface area contributed by atoms with E-state index in [1.165, 1.54) is 0 Å². The van der Waals surface area contributed by atoms with Gasteiger partial charge in [0.1, 0.15) is 0 Å². The first-order chi connectivity index (χ1) is 13.5. The highest BCUT2D eigenvalue weighted by Crippen LogP contribution is 2.60. The van der Waals surface area contributed by atoms with Gasteiger partial charge < -0.3 is 10.2 Å². The number of benzene rings is 2. The van der Waals surface area contributed by atoms with Gasteiger partial charge in [0.25, 0.3) is 0 Å². The van der Waals surface area contributed by atoms with Crippen LogP contribution in [0.5, 0.6) is 11.5 Å². The predicted molar refractivity (Wildman–Crippen MR) is 106 cm³/mol. The van der Waals surface area contributed by atoms with Crippen molar-refractivity contribution in [2.75, 3.05) is 0 Å². The first-order valence-electron chi connectivity index (χ1n) is 9.54. The molecular formula is C21H22N2O6. The lowest BCUT2D eigenvalue weighted by Gasteiger charge is -2.29. The standard InChI is InChI=1S/C21H22N2O6/c1-9-10(2)19(24)18(23(28)29)16-13(9)5-7-21(16)8-6-14-11(3)17(22(26)27)20(25)12(4)15(14)21/h24-25H,5-8H2,1-4H3. The van der Waals surface area contributed by atoms with Crippen molar-refractivity contribution in [2.24, 2.45) is 0 Å². The van der Waals surface area contributed by atoms with E-state index in [1.54, 1.807) is 20.8 Å². The summed E-state index contributed by atoms with van der Waals surface area (Å²) in [5, 5.41) is 44.7. The van der Waals surface area contributed by atoms with Crippen LogP contribution in [0.15, 0.2) is 0 Å². The normalized spacial score (nSPS) is 19.4. The van der Waals surface area contributed by atoms with Crippen LogP contribution in [0.1, 0.15) is 57.3 Å². The third kappa shape index (κ3) is 2.19. The molecule has 1 unspecified atom stereocenters. The number of fused-ring (bicyclic) bond motifs is 4. The lowest BCUT2D eigenvalue weighted by molar-refractivity contribution is -0.387. The molecule has 2 aliphatic carbocycles. The molecule has 8 heteroatoms. The molecule has 29 heavy (non-hydrogen) atoms. The van der Waals surface area contributed by atoms with Crippen LogP contribution in [-0.2, 0) is 18.3 Å². The summed E-state index contributed by atoms with van der Waals surface area (Å²) < 4.78 is 0. The van der Waals surface area contributed by atoms with Gasteiger partial charge in [-0.25, -0.2) is 0 Å². The van der Waals surface area contributed by atoms with Crippen LogP contribution in [0.3, 0.4) is 0 Å². The molecule has 0 bridgehead atoms. The van der Waals surface area contributed by atoms with E-state index in [4.69, 9.17) is 0 Å². The number of rotatable bonds is 2. The van der Waals surface area contributed by atoms with Gasteiger partial charge in [-0.05, 0) is 75.6 Å². The minimum absolute atomic E-state index is 0.275. The second-order valence-corrected chi connectivity index (χ2v) is 8.20. The number of phenols is 2. The molecule has 1 spiro atoms. The van der Waals surface area contributed by atoms with Crippen LogP contribution in [0.25, 0.3) is 0 Å². The van der Waals surface area contributed by atoms with Crippen LogP contribution in [0.4, 0.5) is 11.4 Å². The molecule has 0 heterocycles. The van der Waals surface area contributed by atoms with Crippen LogP contribution in [-0.4, -0.2) is 20.1 Å². The lowest BCUT2D eigenvalue weighted by atomic mass is 9.73. The Labute approximate surface area is 167 Å². The molecule has 0 radical (unpaired) electrons. The smallest absolute Gasteiger partial charge is 0.315 e. The van der Waals surface area contributed by atoms with E-state index < -0.39 is 15.3 Å². The van der Waals surface area contributed by atoms with Crippen LogP contribution >= 0.6 is 0 Å². The van der Waals surface area contributed by atoms with Crippen molar-refractivity contribution in [1.29, 1.82) is 0 Å². The second kappa shape index (κ2) is 5.92. The van der Waals surface area contributed by atoms with Gasteiger partial charge in [-0.3, -0.25) is 20.2 Å². The van der Waals surface area contributed by atoms with Crippen LogP contribution in [0.2, 0.25) is 0 Å². The van der Waals surface area contributed by atoms with Crippen molar-refractivity contribution in [2.45, 2.75) is 58.8 Å². The van der Waals surface area contributed by atoms with Crippen molar-refractivity contribution in [3.05, 3.63) is 64.7 Å². The number of nitro groups is 2. The van der Waals surface area contributed by atoms with Gasteiger partial charge in [0, 0.05) is 27.7 Å². The Morgan fingerprint density at radius 2 is 1.21 bits per heavy atom. The highest BCUT2D eigenvalue weighted by molar-refractivity contribution is 5.74. The van der Waals surface area contributed by atoms with Crippen molar-refractivity contribution >= 4 is 11.4 Å². The third-order valence-corrected chi connectivity index (χ3v) is 7.12. The number of nitrogens with zero attached hydrogens (tertiary/aromatic N) is 2. The number of aromatic hydroxyl groups is 2. The fraction of sp³-hybridized carbons (Fsp3) is 0.429. The van der Waals surface area contributed by atoms with Gasteiger partial charge in [0.15, 0.2) is 11.5 Å². The monoisotopic (exact) mass is 398 g/mol. The van der Waals surface area contributed by atoms with Crippen molar-refractivity contribution in [3.63, 3.8) is 0 Å². The molecule has 4 rings (SSSR count). The van der Waals surface area contributed by atoms with E-state index in [0.29, 0.717) is 47.9 Å². The maximum absolute atomic E-state index is 12.0. The quantitative estimate of drug-likeness (QED) is 0.573. The van der Waals surface area contributed by atoms with E-state index in [2.05, 4.69) is 0 Å². The maximum Gasteiger partial charge on any atom is 0.315 e. The predicted octanol–water partition coefficient (Wildman–Crippen LogP) is 4.33. The Kier molecular flexibility index (Phi) is 3.91. The van der Waals surface area contributed by atoms with Crippen LogP contribution < -0.4 is 0 Å². The van der Waals surface area contributed by atoms with E-state index in [-0.39, 0.29) is 22.9 Å². The lowest BCUT2D eigenvalue weighted by Crippen LogP contribution is -2.24. The molecule has 2 aromatic carbocycles. The Bertz CT molecular complexity index is 1140. The minimum Gasteiger partial charge on any atom is -0.502 e. The summed E-state index contributed by atoms with van der Waals surface area (Å²) in [6, 6.07) is 0. The number of hydrogen-bond donors (Lipinski definition) is 2. The van der Waals surface area contributed by atoms with Gasteiger partial charge in [-0.2, -0.15) is 0 Å². The Hall–Kier alpha value is -3.16. The molecule has 2 N–H and O–H groups in total. The first-order valence-corrected chi connectivity index (χ1v) is 9.54. The molecule has 2 aliphatic rings. The Morgan fingerprint density at radius 1 is 0.724 bits per heavy atom. The molecule has 8 nitrogen and oxygen atoms in total. The van der Waals surface area contributed by atoms with Crippen molar-refractivity contribution < 1.29 is 20.1 Å². The molecular weight excluding hydrogens is 376 g/mol. The number of nitro benzene ring substituents is 2. The molecule has 0 saturated carbocycles. The van der Waals surface area contributed by atoms with Gasteiger partial charge in [0.05, 0.1) is 9.85 Å². The molecule has 0 aromatic heterocycles. The summed E-state index contributed by atoms with van der Waals surface area (Å²) in [7, 11) is 0. The molecule has 152 valence electrons. The third-order valence-electron chi connectivity index (χ3n) is 7.12. The second-order valence-electron chi connectivity index (χ2n) is 8.20. The fourth-order valence-electron chi connectivity index (χ4n) is 5.68. The summed E-state index contributed by atoms with van der Waals surface area (Å²) in [6.07, 6.45) is 2.32. The Morgan fingerprint density at radius 3 is 1.72 bits per heavy atom.